The maximum atomic E-state index is 13.3. The molecule has 13 heteroatoms. The molecule has 5 rings (SSSR count). The summed E-state index contributed by atoms with van der Waals surface area (Å²) in [6.07, 6.45) is 7.14. The van der Waals surface area contributed by atoms with Crippen LogP contribution >= 0.6 is 23.6 Å². The number of thiophene rings is 1. The Morgan fingerprint density at radius 3 is 2.68 bits per heavy atom. The van der Waals surface area contributed by atoms with Crippen molar-refractivity contribution in [1.29, 1.82) is 5.26 Å². The van der Waals surface area contributed by atoms with Crippen LogP contribution in [0.25, 0.3) is 5.70 Å². The van der Waals surface area contributed by atoms with Crippen LogP contribution in [-0.2, 0) is 16.6 Å². The first-order chi connectivity index (χ1) is 21.0. The molecule has 2 aromatic rings. The predicted octanol–water partition coefficient (Wildman–Crippen LogP) is 4.28. The quantitative estimate of drug-likeness (QED) is 0.301. The number of likely N-dealkylation sites (N-methyl/N-ethyl adjacent to an activating group) is 1. The van der Waals surface area contributed by atoms with Gasteiger partial charge in [-0.05, 0) is 57.3 Å². The molecule has 2 fully saturated rings. The van der Waals surface area contributed by atoms with Gasteiger partial charge in [-0.2, -0.15) is 15.2 Å². The summed E-state index contributed by atoms with van der Waals surface area (Å²) < 4.78 is 25.7. The number of allylic oxidation sites excluding steroid dienone is 1. The van der Waals surface area contributed by atoms with Crippen molar-refractivity contribution in [2.75, 3.05) is 39.0 Å². The fourth-order valence-corrected chi connectivity index (χ4v) is 7.79. The third kappa shape index (κ3) is 6.57. The lowest BCUT2D eigenvalue weighted by Crippen LogP contribution is -2.42. The number of carbonyl (C=O) groups excluding carboxylic acids is 1. The minimum atomic E-state index is -0.968. The molecule has 0 spiro atoms. The highest BCUT2D eigenvalue weighted by Crippen LogP contribution is 2.46. The van der Waals surface area contributed by atoms with Crippen LogP contribution in [0.1, 0.15) is 67.3 Å². The second-order valence-corrected chi connectivity index (χ2v) is 13.4. The van der Waals surface area contributed by atoms with Crippen LogP contribution < -0.4 is 20.9 Å². The van der Waals surface area contributed by atoms with Gasteiger partial charge in [0.25, 0.3) is 5.91 Å². The van der Waals surface area contributed by atoms with Crippen LogP contribution in [-0.4, -0.2) is 76.0 Å². The second kappa shape index (κ2) is 13.2. The summed E-state index contributed by atoms with van der Waals surface area (Å²) in [5.74, 6) is -0.831. The number of thiocarbonyl (C=S) groups is 1. The number of likely N-dealkylation sites (tertiary alicyclic amines) is 2. The largest absolute Gasteiger partial charge is 0.476 e. The zero-order valence-electron chi connectivity index (χ0n) is 25.1. The Balaban J connectivity index is 1.39. The number of hydrogen-bond acceptors (Lipinski definition) is 11. The number of hydrogen-bond donors (Lipinski definition) is 2. The molecule has 2 aliphatic heterocycles. The molecule has 10 nitrogen and oxygen atoms in total. The topological polar surface area (TPSA) is 144 Å². The van der Waals surface area contributed by atoms with E-state index < -0.39 is 17.1 Å². The molecular weight excluding hydrogens is 602 g/mol. The lowest BCUT2D eigenvalue weighted by molar-refractivity contribution is -0.130. The third-order valence-electron chi connectivity index (χ3n) is 8.86. The first kappa shape index (κ1) is 31.8. The van der Waals surface area contributed by atoms with Crippen molar-refractivity contribution < 1.29 is 18.7 Å². The maximum Gasteiger partial charge on any atom is 0.281 e. The minimum absolute atomic E-state index is 0.214. The van der Waals surface area contributed by atoms with Gasteiger partial charge < -0.3 is 30.7 Å². The van der Waals surface area contributed by atoms with Crippen molar-refractivity contribution in [1.82, 2.24) is 19.8 Å². The number of rotatable bonds is 9. The van der Waals surface area contributed by atoms with Gasteiger partial charge in [0.15, 0.2) is 11.7 Å². The van der Waals surface area contributed by atoms with Crippen LogP contribution in [0.5, 0.6) is 11.8 Å². The fraction of sp³-hybridized carbons (Fsp3) is 0.516. The Kier molecular flexibility index (Phi) is 9.53. The Morgan fingerprint density at radius 1 is 1.30 bits per heavy atom. The number of halogens is 1. The van der Waals surface area contributed by atoms with Crippen molar-refractivity contribution >= 4 is 45.0 Å². The molecule has 234 valence electrons. The number of aromatic nitrogens is 2. The molecule has 0 aromatic carbocycles. The maximum absolute atomic E-state index is 13.3. The van der Waals surface area contributed by atoms with E-state index >= 15 is 0 Å². The van der Waals surface area contributed by atoms with Crippen LogP contribution in [0.4, 0.5) is 9.39 Å². The summed E-state index contributed by atoms with van der Waals surface area (Å²) in [7, 11) is 2.08. The molecule has 44 heavy (non-hydrogen) atoms. The van der Waals surface area contributed by atoms with Crippen LogP contribution in [0.2, 0.25) is 0 Å². The number of nitrogens with zero attached hydrogens (tertiary/aromatic N) is 5. The Morgan fingerprint density at radius 2 is 2.02 bits per heavy atom. The number of carbonyl (C=O) groups is 1. The van der Waals surface area contributed by atoms with E-state index in [0.29, 0.717) is 53.8 Å². The number of aryl methyl sites for hydroxylation is 1. The van der Waals surface area contributed by atoms with E-state index in [2.05, 4.69) is 34.6 Å². The number of nitrogens with two attached hydrogens (primary N) is 2. The summed E-state index contributed by atoms with van der Waals surface area (Å²) in [6, 6.07) is 4.20. The normalized spacial score (nSPS) is 22.7. The summed E-state index contributed by atoms with van der Waals surface area (Å²) in [6.45, 7) is 7.31. The van der Waals surface area contributed by atoms with Crippen LogP contribution in [0.3, 0.4) is 0 Å². The van der Waals surface area contributed by atoms with Crippen molar-refractivity contribution in [2.45, 2.75) is 69.4 Å². The lowest BCUT2D eigenvalue weighted by atomic mass is 9.70. The number of amides is 1. The number of anilines is 1. The number of piperidine rings is 1. The summed E-state index contributed by atoms with van der Waals surface area (Å²) in [5, 5.41) is 10.4. The minimum Gasteiger partial charge on any atom is -0.476 e. The van der Waals surface area contributed by atoms with Crippen molar-refractivity contribution in [3.8, 4) is 17.8 Å². The van der Waals surface area contributed by atoms with E-state index in [0.717, 1.165) is 49.1 Å². The summed E-state index contributed by atoms with van der Waals surface area (Å²) in [4.78, 5) is 26.5. The lowest BCUT2D eigenvalue weighted by Gasteiger charge is -2.34. The van der Waals surface area contributed by atoms with Gasteiger partial charge in [0.1, 0.15) is 23.8 Å². The van der Waals surface area contributed by atoms with Gasteiger partial charge in [-0.3, -0.25) is 4.79 Å². The van der Waals surface area contributed by atoms with Gasteiger partial charge in [0.2, 0.25) is 11.8 Å². The molecule has 2 aromatic heterocycles. The Labute approximate surface area is 266 Å². The molecule has 2 saturated heterocycles. The molecule has 4 heterocycles. The highest BCUT2D eigenvalue weighted by atomic mass is 32.1. The van der Waals surface area contributed by atoms with Gasteiger partial charge in [-0.1, -0.05) is 25.7 Å². The summed E-state index contributed by atoms with van der Waals surface area (Å²) in [5.41, 5.74) is 13.8. The zero-order valence-corrected chi connectivity index (χ0v) is 26.7. The number of ether oxygens (including phenoxy) is 2. The fourth-order valence-electron chi connectivity index (χ4n) is 6.26. The van der Waals surface area contributed by atoms with E-state index in [-0.39, 0.29) is 29.5 Å². The molecule has 3 aliphatic rings. The molecule has 0 radical (unpaired) electrons. The van der Waals surface area contributed by atoms with Crippen LogP contribution in [0, 0.1) is 11.3 Å². The highest BCUT2D eigenvalue weighted by Gasteiger charge is 2.40. The standard InChI is InChI=1S/C31H38FN7O3S2/c1-18(32)30(40)39-12-8-20(9-13-39)42-26-15-25(41-17-19-6-5-11-38(19)3)36-29(37-26)22(34)14-24(43)31(2)10-4-7-23-27(31)21(16-33)28(35)44-23/h14-15,19-20H,1,4-13,17,34-35H2,2-3H3/b22-14-/t19?,31-/m1/s1. The zero-order chi connectivity index (χ0) is 31.6. The van der Waals surface area contributed by atoms with E-state index in [1.807, 2.05) is 6.92 Å². The molecule has 1 amide bonds. The van der Waals surface area contributed by atoms with E-state index in [4.69, 9.17) is 33.2 Å². The SMILES string of the molecule is C=C(F)C(=O)N1CCC(Oc2cc(OCC3CCCN3C)nc(/C(N)=C/C(=S)[C@@]3(C)CCCc4sc(N)c(C#N)c43)n2)CC1. The van der Waals surface area contributed by atoms with Crippen LogP contribution in [0.15, 0.2) is 24.5 Å². The van der Waals surface area contributed by atoms with Crippen molar-refractivity contribution in [3.05, 3.63) is 46.4 Å². The first-order valence-electron chi connectivity index (χ1n) is 14.9. The monoisotopic (exact) mass is 639 g/mol. The predicted molar refractivity (Wildman–Crippen MR) is 172 cm³/mol. The Bertz CT molecular complexity index is 1530. The van der Waals surface area contributed by atoms with Gasteiger partial charge in [0.05, 0.1) is 17.3 Å². The van der Waals surface area contributed by atoms with Gasteiger partial charge in [-0.15, -0.1) is 11.3 Å². The van der Waals surface area contributed by atoms with Crippen molar-refractivity contribution in [2.24, 2.45) is 5.73 Å². The van der Waals surface area contributed by atoms with E-state index in [9.17, 15) is 14.4 Å². The molecule has 0 saturated carbocycles. The van der Waals surface area contributed by atoms with E-state index in [1.54, 1.807) is 12.1 Å². The molecule has 1 unspecified atom stereocenters. The Hall–Kier alpha value is -3.60. The molecule has 0 bridgehead atoms. The van der Waals surface area contributed by atoms with Gasteiger partial charge in [0, 0.05) is 47.1 Å². The van der Waals surface area contributed by atoms with Crippen molar-refractivity contribution in [3.63, 3.8) is 0 Å². The molecular formula is C31H38FN7O3S2. The number of nitrogen functional groups attached to an aromatic ring is 1. The summed E-state index contributed by atoms with van der Waals surface area (Å²) >= 11 is 7.40. The highest BCUT2D eigenvalue weighted by molar-refractivity contribution is 7.81. The molecule has 4 N–H and O–H groups in total. The van der Waals surface area contributed by atoms with Gasteiger partial charge in [-0.25, -0.2) is 4.39 Å². The third-order valence-corrected chi connectivity index (χ3v) is 10.5. The van der Waals surface area contributed by atoms with Gasteiger partial charge >= 0.3 is 0 Å². The number of fused-ring (bicyclic) bond motifs is 1. The molecule has 2 atom stereocenters. The molecule has 1 aliphatic carbocycles. The number of nitriles is 1. The van der Waals surface area contributed by atoms with E-state index in [1.165, 1.54) is 16.2 Å². The average Bonchev–Trinajstić information content (AvgIpc) is 3.57. The second-order valence-electron chi connectivity index (χ2n) is 11.9. The first-order valence-corrected chi connectivity index (χ1v) is 16.1. The smallest absolute Gasteiger partial charge is 0.281 e. The average molecular weight is 640 g/mol.